The van der Waals surface area contributed by atoms with E-state index in [4.69, 9.17) is 5.11 Å². The van der Waals surface area contributed by atoms with E-state index in [1.165, 1.54) is 12.1 Å². The SMILES string of the molecule is C[C@@H]1CN(S(=O)(=O)CCNS(=O)(=O)c2ccccc2)C[C@H]1C(=O)O. The van der Waals surface area contributed by atoms with Crippen LogP contribution in [0.15, 0.2) is 35.2 Å². The maximum atomic E-state index is 12.3. The molecule has 0 aliphatic carbocycles. The molecule has 2 atom stereocenters. The normalized spacial score (nSPS) is 22.5. The van der Waals surface area contributed by atoms with Gasteiger partial charge in [0.1, 0.15) is 0 Å². The molecule has 8 nitrogen and oxygen atoms in total. The van der Waals surface area contributed by atoms with Crippen molar-refractivity contribution in [3.63, 3.8) is 0 Å². The molecule has 1 aromatic carbocycles. The summed E-state index contributed by atoms with van der Waals surface area (Å²) < 4.78 is 52.0. The summed E-state index contributed by atoms with van der Waals surface area (Å²) in [5.41, 5.74) is 0. The van der Waals surface area contributed by atoms with Crippen molar-refractivity contribution in [2.45, 2.75) is 11.8 Å². The summed E-state index contributed by atoms with van der Waals surface area (Å²) in [6, 6.07) is 7.65. The predicted octanol–water partition coefficient (Wildman–Crippen LogP) is -0.0528. The van der Waals surface area contributed by atoms with Crippen LogP contribution in [-0.4, -0.2) is 57.6 Å². The number of aliphatic carboxylic acids is 1. The number of hydrogen-bond acceptors (Lipinski definition) is 5. The lowest BCUT2D eigenvalue weighted by Crippen LogP contribution is -2.37. The molecule has 0 amide bonds. The monoisotopic (exact) mass is 376 g/mol. The van der Waals surface area contributed by atoms with Crippen molar-refractivity contribution in [3.05, 3.63) is 30.3 Å². The minimum absolute atomic E-state index is 0.0585. The molecule has 24 heavy (non-hydrogen) atoms. The Morgan fingerprint density at radius 1 is 1.21 bits per heavy atom. The molecule has 1 fully saturated rings. The fraction of sp³-hybridized carbons (Fsp3) is 0.500. The van der Waals surface area contributed by atoms with E-state index in [0.717, 1.165) is 4.31 Å². The van der Waals surface area contributed by atoms with Gasteiger partial charge in [0.05, 0.1) is 16.6 Å². The molecule has 0 unspecified atom stereocenters. The van der Waals surface area contributed by atoms with E-state index in [-0.39, 0.29) is 30.4 Å². The summed E-state index contributed by atoms with van der Waals surface area (Å²) in [5, 5.41) is 9.06. The van der Waals surface area contributed by atoms with Crippen molar-refractivity contribution in [3.8, 4) is 0 Å². The molecule has 1 aromatic rings. The Labute approximate surface area is 141 Å². The van der Waals surface area contributed by atoms with Gasteiger partial charge < -0.3 is 5.11 Å². The zero-order chi connectivity index (χ0) is 18.0. The van der Waals surface area contributed by atoms with Crippen LogP contribution < -0.4 is 4.72 Å². The van der Waals surface area contributed by atoms with E-state index in [1.807, 2.05) is 0 Å². The lowest BCUT2D eigenvalue weighted by Gasteiger charge is -2.16. The van der Waals surface area contributed by atoms with Crippen LogP contribution in [0.5, 0.6) is 0 Å². The number of carboxylic acid groups (broad SMARTS) is 1. The Morgan fingerprint density at radius 2 is 1.83 bits per heavy atom. The second kappa shape index (κ2) is 7.18. The van der Waals surface area contributed by atoms with Gasteiger partial charge in [-0.05, 0) is 18.1 Å². The van der Waals surface area contributed by atoms with Gasteiger partial charge >= 0.3 is 5.97 Å². The number of carboxylic acids is 1. The first-order chi connectivity index (χ1) is 11.1. The van der Waals surface area contributed by atoms with Gasteiger partial charge in [0.25, 0.3) is 0 Å². The fourth-order valence-corrected chi connectivity index (χ4v) is 5.24. The Balaban J connectivity index is 1.96. The van der Waals surface area contributed by atoms with Crippen molar-refractivity contribution in [2.75, 3.05) is 25.4 Å². The summed E-state index contributed by atoms with van der Waals surface area (Å²) in [7, 11) is -7.49. The molecular weight excluding hydrogens is 356 g/mol. The van der Waals surface area contributed by atoms with Crippen molar-refractivity contribution < 1.29 is 26.7 Å². The molecule has 1 aliphatic rings. The van der Waals surface area contributed by atoms with Crippen LogP contribution in [-0.2, 0) is 24.8 Å². The van der Waals surface area contributed by atoms with E-state index >= 15 is 0 Å². The van der Waals surface area contributed by atoms with Crippen molar-refractivity contribution in [2.24, 2.45) is 11.8 Å². The van der Waals surface area contributed by atoms with Gasteiger partial charge in [0, 0.05) is 19.6 Å². The molecule has 1 saturated heterocycles. The molecule has 0 saturated carbocycles. The molecule has 1 heterocycles. The summed E-state index contributed by atoms with van der Waals surface area (Å²) in [6.45, 7) is 1.46. The van der Waals surface area contributed by atoms with Gasteiger partial charge in [-0.2, -0.15) is 0 Å². The quantitative estimate of drug-likeness (QED) is 0.688. The highest BCUT2D eigenvalue weighted by Crippen LogP contribution is 2.25. The maximum Gasteiger partial charge on any atom is 0.308 e. The first kappa shape index (κ1) is 18.8. The van der Waals surface area contributed by atoms with E-state index in [9.17, 15) is 21.6 Å². The summed E-state index contributed by atoms with van der Waals surface area (Å²) in [4.78, 5) is 11.1. The minimum Gasteiger partial charge on any atom is -0.481 e. The zero-order valence-corrected chi connectivity index (χ0v) is 14.8. The predicted molar refractivity (Wildman–Crippen MR) is 87.3 cm³/mol. The molecular formula is C14H20N2O6S2. The van der Waals surface area contributed by atoms with Crippen LogP contribution in [0.4, 0.5) is 0 Å². The molecule has 0 aromatic heterocycles. The van der Waals surface area contributed by atoms with E-state index in [0.29, 0.717) is 0 Å². The summed E-state index contributed by atoms with van der Waals surface area (Å²) in [5.74, 6) is -2.46. The van der Waals surface area contributed by atoms with Gasteiger partial charge in [-0.15, -0.1) is 0 Å². The van der Waals surface area contributed by atoms with Gasteiger partial charge in [-0.1, -0.05) is 25.1 Å². The van der Waals surface area contributed by atoms with Crippen molar-refractivity contribution in [1.29, 1.82) is 0 Å². The molecule has 0 spiro atoms. The standard InChI is InChI=1S/C14H20N2O6S2/c1-11-9-16(10-13(11)14(17)18)23(19,20)8-7-15-24(21,22)12-5-3-2-4-6-12/h2-6,11,13,15H,7-10H2,1H3,(H,17,18)/t11-,13-/m1/s1. The third kappa shape index (κ3) is 4.32. The smallest absolute Gasteiger partial charge is 0.308 e. The number of benzene rings is 1. The van der Waals surface area contributed by atoms with Gasteiger partial charge in [0.2, 0.25) is 20.0 Å². The summed E-state index contributed by atoms with van der Waals surface area (Å²) in [6.07, 6.45) is 0. The number of carbonyl (C=O) groups is 1. The Kier molecular flexibility index (Phi) is 5.63. The number of nitrogens with one attached hydrogen (secondary N) is 1. The van der Waals surface area contributed by atoms with E-state index in [1.54, 1.807) is 25.1 Å². The first-order valence-corrected chi connectivity index (χ1v) is 10.5. The van der Waals surface area contributed by atoms with E-state index in [2.05, 4.69) is 4.72 Å². The molecule has 2 rings (SSSR count). The Bertz CT molecular complexity index is 792. The number of hydrogen-bond donors (Lipinski definition) is 2. The highest BCUT2D eigenvalue weighted by molar-refractivity contribution is 7.90. The zero-order valence-electron chi connectivity index (χ0n) is 13.1. The molecule has 0 radical (unpaired) electrons. The number of nitrogens with zero attached hydrogens (tertiary/aromatic N) is 1. The molecule has 1 aliphatic heterocycles. The van der Waals surface area contributed by atoms with Crippen LogP contribution in [0.1, 0.15) is 6.92 Å². The molecule has 10 heteroatoms. The molecule has 134 valence electrons. The number of rotatable bonds is 7. The Morgan fingerprint density at radius 3 is 2.38 bits per heavy atom. The second-order valence-corrected chi connectivity index (χ2v) is 9.62. The van der Waals surface area contributed by atoms with Crippen LogP contribution in [0.3, 0.4) is 0 Å². The van der Waals surface area contributed by atoms with Crippen LogP contribution in [0, 0.1) is 11.8 Å². The van der Waals surface area contributed by atoms with Crippen LogP contribution in [0.25, 0.3) is 0 Å². The largest absolute Gasteiger partial charge is 0.481 e. The van der Waals surface area contributed by atoms with Crippen molar-refractivity contribution >= 4 is 26.0 Å². The van der Waals surface area contributed by atoms with E-state index < -0.39 is 37.7 Å². The fourth-order valence-electron chi connectivity index (χ4n) is 2.59. The van der Waals surface area contributed by atoms with Gasteiger partial charge in [-0.25, -0.2) is 25.9 Å². The van der Waals surface area contributed by atoms with Crippen LogP contribution >= 0.6 is 0 Å². The van der Waals surface area contributed by atoms with Crippen LogP contribution in [0.2, 0.25) is 0 Å². The highest BCUT2D eigenvalue weighted by Gasteiger charge is 2.39. The lowest BCUT2D eigenvalue weighted by atomic mass is 9.99. The Hall–Kier alpha value is -1.49. The summed E-state index contributed by atoms with van der Waals surface area (Å²) >= 11 is 0. The first-order valence-electron chi connectivity index (χ1n) is 7.39. The third-order valence-electron chi connectivity index (χ3n) is 4.00. The highest BCUT2D eigenvalue weighted by atomic mass is 32.2. The topological polar surface area (TPSA) is 121 Å². The van der Waals surface area contributed by atoms with Gasteiger partial charge in [-0.3, -0.25) is 4.79 Å². The van der Waals surface area contributed by atoms with Gasteiger partial charge in [0.15, 0.2) is 0 Å². The third-order valence-corrected chi connectivity index (χ3v) is 7.28. The minimum atomic E-state index is -3.77. The average Bonchev–Trinajstić information content (AvgIpc) is 2.91. The average molecular weight is 376 g/mol. The number of sulfonamides is 2. The lowest BCUT2D eigenvalue weighted by molar-refractivity contribution is -0.142. The second-order valence-electron chi connectivity index (χ2n) is 5.77. The molecule has 0 bridgehead atoms. The molecule has 2 N–H and O–H groups in total. The van der Waals surface area contributed by atoms with Crippen molar-refractivity contribution in [1.82, 2.24) is 9.03 Å². The maximum absolute atomic E-state index is 12.3.